The van der Waals surface area contributed by atoms with Crippen LogP contribution in [-0.4, -0.2) is 61.8 Å². The maximum absolute atomic E-state index is 11.4. The molecule has 8 heteroatoms. The molecule has 31 heavy (non-hydrogen) atoms. The predicted molar refractivity (Wildman–Crippen MR) is 135 cm³/mol. The van der Waals surface area contributed by atoms with Crippen LogP contribution in [-0.2, 0) is 14.9 Å². The number of nitrogens with zero attached hydrogens (tertiary/aromatic N) is 1. The monoisotopic (exact) mass is 481 g/mol. The van der Waals surface area contributed by atoms with Crippen LogP contribution in [0.4, 0.5) is 0 Å². The molecule has 6 nitrogen and oxygen atoms in total. The minimum atomic E-state index is -4.28. The summed E-state index contributed by atoms with van der Waals surface area (Å²) in [5.74, 6) is -0.0579. The maximum atomic E-state index is 11.4. The minimum Gasteiger partial charge on any atom is -0.748 e. The Kier molecular flexibility index (Phi) is 36.9. The summed E-state index contributed by atoms with van der Waals surface area (Å²) in [6.45, 7) is 15.8. The average Bonchev–Trinajstić information content (AvgIpc) is 2.57. The minimum absolute atomic E-state index is 0. The van der Waals surface area contributed by atoms with Gasteiger partial charge in [-0.2, -0.15) is 0 Å². The average molecular weight is 482 g/mol. The van der Waals surface area contributed by atoms with Gasteiger partial charge in [-0.25, -0.2) is 8.42 Å². The van der Waals surface area contributed by atoms with E-state index in [1.54, 1.807) is 13.8 Å². The molecule has 0 aliphatic heterocycles. The van der Waals surface area contributed by atoms with Crippen molar-refractivity contribution in [1.82, 2.24) is 5.32 Å². The van der Waals surface area contributed by atoms with Gasteiger partial charge in [-0.1, -0.05) is 64.3 Å². The first-order valence-corrected chi connectivity index (χ1v) is 11.4. The fourth-order valence-corrected chi connectivity index (χ4v) is 3.17. The molecule has 0 saturated carbocycles. The van der Waals surface area contributed by atoms with Crippen LogP contribution in [0.3, 0.4) is 0 Å². The summed E-state index contributed by atoms with van der Waals surface area (Å²) >= 11 is 0. The molecule has 1 amide bonds. The summed E-state index contributed by atoms with van der Waals surface area (Å²) in [6.07, 6.45) is 2.42. The largest absolute Gasteiger partial charge is 1.00 e. The molecule has 0 aliphatic carbocycles. The number of carbonyl (C=O) groups excluding carboxylic acids is 1. The van der Waals surface area contributed by atoms with Gasteiger partial charge in [-0.05, 0) is 33.1 Å². The number of carbonyl (C=O) groups is 1. The molecule has 4 unspecified atom stereocenters. The van der Waals surface area contributed by atoms with Crippen LogP contribution < -0.4 is 34.9 Å². The number of amides is 1. The Morgan fingerprint density at radius 2 is 1.32 bits per heavy atom. The molecule has 0 heterocycles. The number of nitrogens with one attached hydrogen (secondary N) is 1. The summed E-state index contributed by atoms with van der Waals surface area (Å²) in [5, 5.41) is 2.56. The van der Waals surface area contributed by atoms with E-state index in [2.05, 4.69) is 47.1 Å². The van der Waals surface area contributed by atoms with Gasteiger partial charge in [-0.3, -0.25) is 4.79 Å². The quantitative estimate of drug-likeness (QED) is 0.295. The molecule has 0 aromatic heterocycles. The maximum Gasteiger partial charge on any atom is 1.00 e. The van der Waals surface area contributed by atoms with Crippen LogP contribution in [0.5, 0.6) is 0 Å². The van der Waals surface area contributed by atoms with E-state index in [4.69, 9.17) is 0 Å². The van der Waals surface area contributed by atoms with E-state index in [0.717, 1.165) is 16.4 Å². The molecule has 0 aromatic carbocycles. The van der Waals surface area contributed by atoms with Gasteiger partial charge in [0.05, 0.1) is 42.6 Å². The predicted octanol–water partition coefficient (Wildman–Crippen LogP) is 2.54. The number of hydrogen-bond acceptors (Lipinski definition) is 4. The topological polar surface area (TPSA) is 86.3 Å². The standard InChI is InChI=1S/C10H24N.C9H19NO4S.4CH4.Na/c1-7-9(3)10(4)11(5,6)8-2;1-4-7(3)9(11)10-8(5-2)6-15(12,13)14;;;;;/h9-10H,7-8H2,1-6H3;7-8H,4-6H2,1-3H3,(H,10,11)(H,12,13,14);4*1H4;/q+1;;;;;;+1/p-1. The van der Waals surface area contributed by atoms with E-state index < -0.39 is 21.9 Å². The molecule has 0 bridgehead atoms. The molecule has 0 rings (SSSR count). The van der Waals surface area contributed by atoms with Gasteiger partial charge < -0.3 is 14.4 Å². The van der Waals surface area contributed by atoms with Crippen molar-refractivity contribution >= 4 is 16.0 Å². The van der Waals surface area contributed by atoms with Crippen LogP contribution in [0.15, 0.2) is 0 Å². The van der Waals surface area contributed by atoms with E-state index in [0.29, 0.717) is 12.8 Å². The van der Waals surface area contributed by atoms with Crippen molar-refractivity contribution in [3.05, 3.63) is 0 Å². The summed E-state index contributed by atoms with van der Waals surface area (Å²) in [5.41, 5.74) is 0. The van der Waals surface area contributed by atoms with Crippen LogP contribution in [0.2, 0.25) is 0 Å². The van der Waals surface area contributed by atoms with Gasteiger partial charge in [0.2, 0.25) is 5.91 Å². The third-order valence-electron chi connectivity index (χ3n) is 5.69. The van der Waals surface area contributed by atoms with Crippen LogP contribution in [0.25, 0.3) is 0 Å². The Labute approximate surface area is 220 Å². The van der Waals surface area contributed by atoms with Gasteiger partial charge in [-0.15, -0.1) is 0 Å². The molecule has 0 fully saturated rings. The third-order valence-corrected chi connectivity index (χ3v) is 6.50. The Balaban J connectivity index is -0.0000000660. The van der Waals surface area contributed by atoms with Gasteiger partial charge in [0.25, 0.3) is 0 Å². The van der Waals surface area contributed by atoms with E-state index in [9.17, 15) is 17.8 Å². The fourth-order valence-electron chi connectivity index (χ4n) is 2.35. The zero-order chi connectivity index (χ0) is 21.1. The SMILES string of the molecule is C.C.C.C.CCC(C)C(C)[N+](C)(C)CC.CCC(CS(=O)(=O)[O-])NC(=O)C(C)CC.[Na+]. The smallest absolute Gasteiger partial charge is 0.748 e. The second kappa shape index (κ2) is 23.5. The fraction of sp³-hybridized carbons (Fsp3) is 0.957. The van der Waals surface area contributed by atoms with Crippen molar-refractivity contribution in [2.24, 2.45) is 11.8 Å². The van der Waals surface area contributed by atoms with Crippen LogP contribution in [0, 0.1) is 11.8 Å². The zero-order valence-corrected chi connectivity index (χ0v) is 22.1. The summed E-state index contributed by atoms with van der Waals surface area (Å²) in [7, 11) is 0.354. The normalized spacial score (nSPS) is 14.0. The number of quaternary nitrogens is 1. The second-order valence-electron chi connectivity index (χ2n) is 7.87. The first kappa shape index (κ1) is 48.7. The summed E-state index contributed by atoms with van der Waals surface area (Å²) < 4.78 is 32.7. The molecule has 190 valence electrons. The molecular weight excluding hydrogens is 423 g/mol. The first-order valence-electron chi connectivity index (χ1n) is 9.82. The molecule has 0 saturated heterocycles. The Hall–Kier alpha value is 0.340. The Morgan fingerprint density at radius 3 is 1.58 bits per heavy atom. The van der Waals surface area contributed by atoms with Crippen molar-refractivity contribution < 1.29 is 51.8 Å². The van der Waals surface area contributed by atoms with Crippen molar-refractivity contribution in [2.75, 3.05) is 26.4 Å². The van der Waals surface area contributed by atoms with E-state index >= 15 is 0 Å². The second-order valence-corrected chi connectivity index (χ2v) is 9.32. The Bertz CT molecular complexity index is 500. The van der Waals surface area contributed by atoms with Crippen LogP contribution >= 0.6 is 0 Å². The Morgan fingerprint density at radius 1 is 0.903 bits per heavy atom. The van der Waals surface area contributed by atoms with Gasteiger partial charge in [0.15, 0.2) is 0 Å². The van der Waals surface area contributed by atoms with Crippen LogP contribution in [0.1, 0.15) is 97.4 Å². The number of rotatable bonds is 10. The molecule has 0 aliphatic rings. The molecular formula is C23H58N2NaO4S+. The van der Waals surface area contributed by atoms with Crippen molar-refractivity contribution in [3.63, 3.8) is 0 Å². The van der Waals surface area contributed by atoms with E-state index in [-0.39, 0.29) is 71.1 Å². The van der Waals surface area contributed by atoms with Gasteiger partial charge >= 0.3 is 29.6 Å². The molecule has 4 atom stereocenters. The molecule has 1 N–H and O–H groups in total. The van der Waals surface area contributed by atoms with E-state index in [1.807, 2.05) is 6.92 Å². The third kappa shape index (κ3) is 23.3. The molecule has 0 radical (unpaired) electrons. The van der Waals surface area contributed by atoms with Crippen molar-refractivity contribution in [3.8, 4) is 0 Å². The van der Waals surface area contributed by atoms with Crippen molar-refractivity contribution in [1.29, 1.82) is 0 Å². The van der Waals surface area contributed by atoms with Gasteiger partial charge in [0.1, 0.15) is 0 Å². The summed E-state index contributed by atoms with van der Waals surface area (Å²) in [4.78, 5) is 11.4. The molecule has 0 spiro atoms. The number of hydrogen-bond donors (Lipinski definition) is 1. The van der Waals surface area contributed by atoms with Gasteiger partial charge in [0, 0.05) is 17.9 Å². The zero-order valence-electron chi connectivity index (χ0n) is 19.3. The van der Waals surface area contributed by atoms with Crippen molar-refractivity contribution in [2.45, 2.75) is 110 Å². The molecule has 0 aromatic rings. The summed E-state index contributed by atoms with van der Waals surface area (Å²) in [6, 6.07) is 0.207. The first-order chi connectivity index (χ1) is 11.7. The van der Waals surface area contributed by atoms with E-state index in [1.165, 1.54) is 13.0 Å².